The number of hydrogen-bond acceptors (Lipinski definition) is 5. The van der Waals surface area contributed by atoms with Crippen LogP contribution in [-0.2, 0) is 0 Å². The summed E-state index contributed by atoms with van der Waals surface area (Å²) in [5.41, 5.74) is 12.1. The number of benzene rings is 9. The normalized spacial score (nSPS) is 11.8. The molecule has 0 saturated heterocycles. The Morgan fingerprint density at radius 1 is 0.365 bits per heavy atom. The van der Waals surface area contributed by atoms with Crippen molar-refractivity contribution in [1.82, 2.24) is 19.5 Å². The monoisotopic (exact) mass is 822 g/mol. The molecule has 0 radical (unpaired) electrons. The van der Waals surface area contributed by atoms with Crippen molar-refractivity contribution in [3.05, 3.63) is 206 Å². The molecular formula is C57H34N4OS. The summed E-state index contributed by atoms with van der Waals surface area (Å²) < 4.78 is 11.7. The summed E-state index contributed by atoms with van der Waals surface area (Å²) in [6.45, 7) is 0. The Bertz CT molecular complexity index is 3850. The van der Waals surface area contributed by atoms with Crippen molar-refractivity contribution in [3.8, 4) is 62.1 Å². The van der Waals surface area contributed by atoms with Crippen LogP contribution in [0.3, 0.4) is 0 Å². The number of fused-ring (bicyclic) bond motifs is 9. The molecule has 13 aromatic rings. The predicted octanol–water partition coefficient (Wildman–Crippen LogP) is 15.6. The van der Waals surface area contributed by atoms with Gasteiger partial charge in [0.1, 0.15) is 5.58 Å². The van der Waals surface area contributed by atoms with E-state index in [4.69, 9.17) is 19.4 Å². The highest BCUT2D eigenvalue weighted by Gasteiger charge is 2.22. The van der Waals surface area contributed by atoms with Crippen LogP contribution in [0.15, 0.2) is 211 Å². The van der Waals surface area contributed by atoms with E-state index in [1.807, 2.05) is 18.2 Å². The van der Waals surface area contributed by atoms with Crippen LogP contribution in [0.25, 0.3) is 126 Å². The van der Waals surface area contributed by atoms with Gasteiger partial charge >= 0.3 is 0 Å². The van der Waals surface area contributed by atoms with Crippen molar-refractivity contribution in [1.29, 1.82) is 0 Å². The van der Waals surface area contributed by atoms with Crippen LogP contribution in [0.2, 0.25) is 0 Å². The lowest BCUT2D eigenvalue weighted by Crippen LogP contribution is -2.01. The molecule has 0 N–H and O–H groups in total. The van der Waals surface area contributed by atoms with Gasteiger partial charge in [0.2, 0.25) is 0 Å². The smallest absolute Gasteiger partial charge is 0.164 e. The molecular weight excluding hydrogens is 789 g/mol. The molecule has 0 atom stereocenters. The SMILES string of the molecule is c1ccc(-c2ccc(-c3nc(-c4cc(-c5ccccc5)c5c(c4)sc4ccccc45)nc(-c4cccc5oc6c(-n7c8ccccc8c8ccccc87)cccc6c45)n3)cc2)cc1. The molecule has 0 aliphatic rings. The van der Waals surface area contributed by atoms with Crippen LogP contribution >= 0.6 is 11.3 Å². The maximum absolute atomic E-state index is 6.90. The molecule has 4 heterocycles. The second kappa shape index (κ2) is 14.2. The summed E-state index contributed by atoms with van der Waals surface area (Å²) >= 11 is 1.80. The number of thiophene rings is 1. The van der Waals surface area contributed by atoms with E-state index >= 15 is 0 Å². The van der Waals surface area contributed by atoms with Gasteiger partial charge in [-0.3, -0.25) is 0 Å². The fraction of sp³-hybridized carbons (Fsp3) is 0. The van der Waals surface area contributed by atoms with Crippen molar-refractivity contribution in [3.63, 3.8) is 0 Å². The van der Waals surface area contributed by atoms with E-state index in [-0.39, 0.29) is 0 Å². The summed E-state index contributed by atoms with van der Waals surface area (Å²) in [7, 11) is 0. The number of aromatic nitrogens is 4. The molecule has 9 aromatic carbocycles. The fourth-order valence-electron chi connectivity index (χ4n) is 9.40. The van der Waals surface area contributed by atoms with E-state index in [9.17, 15) is 0 Å². The average Bonchev–Trinajstić information content (AvgIpc) is 4.04. The lowest BCUT2D eigenvalue weighted by atomic mass is 9.97. The second-order valence-electron chi connectivity index (χ2n) is 15.9. The zero-order chi connectivity index (χ0) is 41.4. The third-order valence-corrected chi connectivity index (χ3v) is 13.4. The summed E-state index contributed by atoms with van der Waals surface area (Å²) in [5.74, 6) is 1.79. The van der Waals surface area contributed by atoms with Gasteiger partial charge in [-0.15, -0.1) is 11.3 Å². The van der Waals surface area contributed by atoms with Crippen LogP contribution in [0.5, 0.6) is 0 Å². The van der Waals surface area contributed by atoms with E-state index in [1.54, 1.807) is 11.3 Å². The van der Waals surface area contributed by atoms with Crippen LogP contribution < -0.4 is 0 Å². The summed E-state index contributed by atoms with van der Waals surface area (Å²) in [6.07, 6.45) is 0. The number of rotatable bonds is 6. The van der Waals surface area contributed by atoms with Gasteiger partial charge in [-0.25, -0.2) is 15.0 Å². The molecule has 294 valence electrons. The maximum atomic E-state index is 6.90. The van der Waals surface area contributed by atoms with Gasteiger partial charge < -0.3 is 8.98 Å². The van der Waals surface area contributed by atoms with Crippen LogP contribution in [0.4, 0.5) is 0 Å². The first-order chi connectivity index (χ1) is 31.2. The molecule has 0 saturated carbocycles. The molecule has 0 bridgehead atoms. The third kappa shape index (κ3) is 5.73. The number of nitrogens with zero attached hydrogens (tertiary/aromatic N) is 4. The minimum atomic E-state index is 0.579. The zero-order valence-corrected chi connectivity index (χ0v) is 34.6. The Balaban J connectivity index is 1.05. The molecule has 63 heavy (non-hydrogen) atoms. The molecule has 0 unspecified atom stereocenters. The van der Waals surface area contributed by atoms with Crippen molar-refractivity contribution in [2.45, 2.75) is 0 Å². The molecule has 0 amide bonds. The van der Waals surface area contributed by atoms with Crippen LogP contribution in [-0.4, -0.2) is 19.5 Å². The predicted molar refractivity (Wildman–Crippen MR) is 262 cm³/mol. The Morgan fingerprint density at radius 3 is 1.68 bits per heavy atom. The summed E-state index contributed by atoms with van der Waals surface area (Å²) in [4.78, 5) is 16.0. The van der Waals surface area contributed by atoms with Crippen molar-refractivity contribution < 1.29 is 4.42 Å². The van der Waals surface area contributed by atoms with Crippen LogP contribution in [0, 0.1) is 0 Å². The minimum absolute atomic E-state index is 0.579. The average molecular weight is 823 g/mol. The molecule has 5 nitrogen and oxygen atoms in total. The lowest BCUT2D eigenvalue weighted by Gasteiger charge is -2.12. The molecule has 0 aliphatic carbocycles. The van der Waals surface area contributed by atoms with Gasteiger partial charge in [0, 0.05) is 58.4 Å². The first kappa shape index (κ1) is 35.6. The highest BCUT2D eigenvalue weighted by atomic mass is 32.1. The molecule has 13 rings (SSSR count). The first-order valence-electron chi connectivity index (χ1n) is 21.1. The third-order valence-electron chi connectivity index (χ3n) is 12.3. The molecule has 0 fully saturated rings. The number of furan rings is 1. The highest BCUT2D eigenvalue weighted by molar-refractivity contribution is 7.26. The first-order valence-corrected chi connectivity index (χ1v) is 21.9. The Hall–Kier alpha value is -8.19. The van der Waals surface area contributed by atoms with E-state index in [2.05, 4.69) is 193 Å². The Morgan fingerprint density at radius 2 is 0.937 bits per heavy atom. The fourth-order valence-corrected chi connectivity index (χ4v) is 10.6. The minimum Gasteiger partial charge on any atom is -0.454 e. The quantitative estimate of drug-likeness (QED) is 0.168. The Labute approximate surface area is 365 Å². The summed E-state index contributed by atoms with van der Waals surface area (Å²) in [6, 6.07) is 72.5. The summed E-state index contributed by atoms with van der Waals surface area (Å²) in [5, 5.41) is 6.85. The van der Waals surface area contributed by atoms with E-state index in [0.717, 1.165) is 77.6 Å². The van der Waals surface area contributed by atoms with Gasteiger partial charge in [0.15, 0.2) is 23.1 Å². The van der Waals surface area contributed by atoms with Crippen LogP contribution in [0.1, 0.15) is 0 Å². The standard InChI is InChI=1S/C57H34N4OS/c1-3-15-35(16-4-1)36-29-31-38(32-30-36)55-58-56(39-33-45(37-17-5-2-6-18-37)53-42-21-9-12-28-50(42)63-51(53)34-39)60-57(59-55)44-23-14-27-49-52(44)43-22-13-26-48(54(43)62-49)61-46-24-10-7-19-40(46)41-20-8-11-25-47(41)61/h1-34H. The number of hydrogen-bond donors (Lipinski definition) is 0. The second-order valence-corrected chi connectivity index (χ2v) is 17.0. The van der Waals surface area contributed by atoms with E-state index in [1.165, 1.54) is 30.9 Å². The van der Waals surface area contributed by atoms with Gasteiger partial charge in [-0.1, -0.05) is 164 Å². The van der Waals surface area contributed by atoms with Gasteiger partial charge in [-0.05, 0) is 64.7 Å². The Kier molecular flexibility index (Phi) is 8.01. The highest BCUT2D eigenvalue weighted by Crippen LogP contribution is 2.44. The van der Waals surface area contributed by atoms with E-state index in [0.29, 0.717) is 17.5 Å². The van der Waals surface area contributed by atoms with E-state index < -0.39 is 0 Å². The van der Waals surface area contributed by atoms with Gasteiger partial charge in [0.05, 0.1) is 16.7 Å². The zero-order valence-electron chi connectivity index (χ0n) is 33.7. The molecule has 0 spiro atoms. The number of para-hydroxylation sites is 3. The van der Waals surface area contributed by atoms with Gasteiger partial charge in [0.25, 0.3) is 0 Å². The van der Waals surface area contributed by atoms with Crippen molar-refractivity contribution in [2.75, 3.05) is 0 Å². The largest absolute Gasteiger partial charge is 0.454 e. The topological polar surface area (TPSA) is 56.7 Å². The maximum Gasteiger partial charge on any atom is 0.164 e. The van der Waals surface area contributed by atoms with Crippen molar-refractivity contribution in [2.24, 2.45) is 0 Å². The molecule has 6 heteroatoms. The van der Waals surface area contributed by atoms with Gasteiger partial charge in [-0.2, -0.15) is 0 Å². The van der Waals surface area contributed by atoms with Crippen molar-refractivity contribution >= 4 is 75.3 Å². The molecule has 4 aromatic heterocycles. The molecule has 0 aliphatic heterocycles. The lowest BCUT2D eigenvalue weighted by molar-refractivity contribution is 0.666.